The van der Waals surface area contributed by atoms with Gasteiger partial charge >= 0.3 is 0 Å². The number of carbonyl (C=O) groups excluding carboxylic acids is 4. The minimum atomic E-state index is -0.987. The number of amides is 4. The summed E-state index contributed by atoms with van der Waals surface area (Å²) in [7, 11) is 0. The van der Waals surface area contributed by atoms with Crippen LogP contribution in [0, 0.1) is 0 Å². The summed E-state index contributed by atoms with van der Waals surface area (Å²) in [6.07, 6.45) is 4.00. The van der Waals surface area contributed by atoms with Gasteiger partial charge in [0, 0.05) is 49.2 Å². The summed E-state index contributed by atoms with van der Waals surface area (Å²) in [4.78, 5) is 53.3. The van der Waals surface area contributed by atoms with Gasteiger partial charge in [-0.2, -0.15) is 5.10 Å². The van der Waals surface area contributed by atoms with Crippen molar-refractivity contribution in [1.29, 1.82) is 0 Å². The third-order valence-electron chi connectivity index (χ3n) is 6.96. The van der Waals surface area contributed by atoms with Crippen molar-refractivity contribution in [2.24, 2.45) is 0 Å². The first kappa shape index (κ1) is 22.0. The molecular formula is C26H24N6O4. The third-order valence-corrected chi connectivity index (χ3v) is 6.96. The highest BCUT2D eigenvalue weighted by Crippen LogP contribution is 2.33. The fourth-order valence-corrected chi connectivity index (χ4v) is 5.00. The van der Waals surface area contributed by atoms with Crippen LogP contribution in [-0.2, 0) is 16.1 Å². The number of piperidine rings is 1. The van der Waals surface area contributed by atoms with Gasteiger partial charge < -0.3 is 10.2 Å². The average Bonchev–Trinajstić information content (AvgIpc) is 3.41. The van der Waals surface area contributed by atoms with Crippen LogP contribution in [-0.4, -0.2) is 57.4 Å². The lowest BCUT2D eigenvalue weighted by molar-refractivity contribution is -0.136. The topological polar surface area (TPSA) is 117 Å². The van der Waals surface area contributed by atoms with Gasteiger partial charge in [-0.3, -0.25) is 34.1 Å². The zero-order valence-electron chi connectivity index (χ0n) is 19.4. The zero-order chi connectivity index (χ0) is 24.8. The van der Waals surface area contributed by atoms with E-state index in [4.69, 9.17) is 0 Å². The van der Waals surface area contributed by atoms with E-state index in [1.54, 1.807) is 24.4 Å². The van der Waals surface area contributed by atoms with Crippen LogP contribution in [0.2, 0.25) is 0 Å². The van der Waals surface area contributed by atoms with Crippen molar-refractivity contribution in [2.45, 2.75) is 31.5 Å². The van der Waals surface area contributed by atoms with Crippen LogP contribution in [0.3, 0.4) is 0 Å². The number of para-hydroxylation sites is 1. The molecule has 6 rings (SSSR count). The van der Waals surface area contributed by atoms with Crippen LogP contribution in [0.4, 0.5) is 11.4 Å². The van der Waals surface area contributed by atoms with Gasteiger partial charge in [0.1, 0.15) is 6.04 Å². The molecule has 0 saturated carbocycles. The Morgan fingerprint density at radius 3 is 2.56 bits per heavy atom. The van der Waals surface area contributed by atoms with Gasteiger partial charge in [-0.1, -0.05) is 24.3 Å². The molecule has 10 nitrogen and oxygen atoms in total. The van der Waals surface area contributed by atoms with Crippen molar-refractivity contribution in [2.75, 3.05) is 23.3 Å². The Bertz CT molecular complexity index is 1380. The minimum Gasteiger partial charge on any atom is -0.380 e. The fourth-order valence-electron chi connectivity index (χ4n) is 5.00. The number of nitrogens with one attached hydrogen (secondary N) is 2. The molecule has 3 aromatic rings. The van der Waals surface area contributed by atoms with Gasteiger partial charge in [-0.15, -0.1) is 0 Å². The van der Waals surface area contributed by atoms with Crippen molar-refractivity contribution in [3.05, 3.63) is 77.6 Å². The predicted octanol–water partition coefficient (Wildman–Crippen LogP) is 1.96. The molecule has 2 aromatic carbocycles. The van der Waals surface area contributed by atoms with Gasteiger partial charge in [0.2, 0.25) is 11.8 Å². The van der Waals surface area contributed by atoms with Gasteiger partial charge in [0.05, 0.1) is 23.4 Å². The smallest absolute Gasteiger partial charge is 0.264 e. The van der Waals surface area contributed by atoms with E-state index in [1.807, 2.05) is 29.1 Å². The van der Waals surface area contributed by atoms with E-state index in [2.05, 4.69) is 32.8 Å². The second-order valence-electron chi connectivity index (χ2n) is 9.25. The molecule has 2 fully saturated rings. The van der Waals surface area contributed by atoms with Crippen LogP contribution < -0.4 is 15.5 Å². The number of fused-ring (bicyclic) bond motifs is 1. The number of nitrogens with zero attached hydrogens (tertiary/aromatic N) is 4. The van der Waals surface area contributed by atoms with Crippen molar-refractivity contribution < 1.29 is 19.2 Å². The number of imide groups is 2. The second kappa shape index (κ2) is 8.63. The normalized spacial score (nSPS) is 19.8. The Balaban J connectivity index is 1.13. The lowest BCUT2D eigenvalue weighted by Crippen LogP contribution is -2.54. The van der Waals surface area contributed by atoms with E-state index in [-0.39, 0.29) is 24.0 Å². The minimum absolute atomic E-state index is 0.0863. The first-order valence-electron chi connectivity index (χ1n) is 11.9. The fraction of sp³-hybridized carbons (Fsp3) is 0.269. The van der Waals surface area contributed by atoms with Gasteiger partial charge in [-0.25, -0.2) is 0 Å². The summed E-state index contributed by atoms with van der Waals surface area (Å²) in [6, 6.07) is 14.6. The highest BCUT2D eigenvalue weighted by molar-refractivity contribution is 6.25. The van der Waals surface area contributed by atoms with E-state index in [0.717, 1.165) is 23.6 Å². The lowest BCUT2D eigenvalue weighted by Gasteiger charge is -2.41. The van der Waals surface area contributed by atoms with Gasteiger partial charge in [-0.05, 0) is 30.7 Å². The zero-order valence-corrected chi connectivity index (χ0v) is 19.4. The Kier molecular flexibility index (Phi) is 5.28. The summed E-state index contributed by atoms with van der Waals surface area (Å²) < 4.78 is 1.96. The van der Waals surface area contributed by atoms with E-state index < -0.39 is 29.7 Å². The number of hydrogen-bond donors (Lipinski definition) is 2. The molecule has 3 aliphatic heterocycles. The number of aromatic nitrogens is 2. The monoisotopic (exact) mass is 484 g/mol. The molecule has 2 N–H and O–H groups in total. The molecule has 1 aromatic heterocycles. The Labute approximate surface area is 206 Å². The van der Waals surface area contributed by atoms with Crippen LogP contribution in [0.1, 0.15) is 45.2 Å². The lowest BCUT2D eigenvalue weighted by atomic mass is 10.0. The van der Waals surface area contributed by atoms with Crippen molar-refractivity contribution >= 4 is 35.0 Å². The number of benzene rings is 2. The molecule has 0 aliphatic carbocycles. The summed E-state index contributed by atoms with van der Waals surface area (Å²) in [6.45, 7) is 2.19. The number of carbonyl (C=O) groups is 4. The molecule has 0 spiro atoms. The first-order valence-corrected chi connectivity index (χ1v) is 11.9. The summed E-state index contributed by atoms with van der Waals surface area (Å²) in [5, 5.41) is 9.99. The van der Waals surface area contributed by atoms with Crippen LogP contribution in [0.5, 0.6) is 0 Å². The molecular weight excluding hydrogens is 460 g/mol. The quantitative estimate of drug-likeness (QED) is 0.514. The maximum Gasteiger partial charge on any atom is 0.264 e. The summed E-state index contributed by atoms with van der Waals surface area (Å²) >= 11 is 0. The van der Waals surface area contributed by atoms with Gasteiger partial charge in [0.15, 0.2) is 0 Å². The highest BCUT2D eigenvalue weighted by atomic mass is 16.2. The molecule has 0 radical (unpaired) electrons. The van der Waals surface area contributed by atoms with E-state index in [9.17, 15) is 19.2 Å². The molecule has 182 valence electrons. The van der Waals surface area contributed by atoms with Crippen LogP contribution in [0.25, 0.3) is 0 Å². The largest absolute Gasteiger partial charge is 0.380 e. The molecule has 10 heteroatoms. The molecule has 4 amide bonds. The van der Waals surface area contributed by atoms with Crippen LogP contribution in [0.15, 0.2) is 60.9 Å². The Morgan fingerprint density at radius 1 is 0.972 bits per heavy atom. The standard InChI is InChI=1S/C26H24N6O4/c33-22-10-9-21(24(34)29-22)32-25(35)19-7-4-8-20(23(19)26(32)36)27-11-16-12-28-31(13-16)18-14-30(15-18)17-5-2-1-3-6-17/h1-8,12-13,18,21,27H,9-11,14-15H2,(H,29,33,34). The number of rotatable bonds is 6. The molecule has 4 heterocycles. The van der Waals surface area contributed by atoms with E-state index in [1.165, 1.54) is 5.69 Å². The highest BCUT2D eigenvalue weighted by Gasteiger charge is 2.45. The molecule has 2 saturated heterocycles. The maximum atomic E-state index is 13.2. The molecule has 3 aliphatic rings. The number of hydrogen-bond acceptors (Lipinski definition) is 7. The third kappa shape index (κ3) is 3.71. The van der Waals surface area contributed by atoms with Gasteiger partial charge in [0.25, 0.3) is 11.8 Å². The molecule has 1 unspecified atom stereocenters. The second-order valence-corrected chi connectivity index (χ2v) is 9.25. The average molecular weight is 485 g/mol. The Hall–Kier alpha value is -4.47. The summed E-state index contributed by atoms with van der Waals surface area (Å²) in [5.41, 5.74) is 3.17. The first-order chi connectivity index (χ1) is 17.5. The van der Waals surface area contributed by atoms with Crippen LogP contribution >= 0.6 is 0 Å². The molecule has 1 atom stereocenters. The Morgan fingerprint density at radius 2 is 1.78 bits per heavy atom. The predicted molar refractivity (Wildman–Crippen MR) is 130 cm³/mol. The van der Waals surface area contributed by atoms with Crippen molar-refractivity contribution in [3.8, 4) is 0 Å². The van der Waals surface area contributed by atoms with Crippen molar-refractivity contribution in [3.63, 3.8) is 0 Å². The maximum absolute atomic E-state index is 13.2. The molecule has 36 heavy (non-hydrogen) atoms. The van der Waals surface area contributed by atoms with E-state index >= 15 is 0 Å². The van der Waals surface area contributed by atoms with E-state index in [0.29, 0.717) is 18.3 Å². The summed E-state index contributed by atoms with van der Waals surface area (Å²) in [5.74, 6) is -2.07. The molecule has 0 bridgehead atoms. The number of anilines is 2. The van der Waals surface area contributed by atoms with Crippen molar-refractivity contribution in [1.82, 2.24) is 20.0 Å². The SMILES string of the molecule is O=C1CCC(N2C(=O)c3cccc(NCc4cnn(C5CN(c6ccccc6)C5)c4)c3C2=O)C(=O)N1.